The molecular formula is C14H10BrF2N. The topological polar surface area (TPSA) is 12.0 Å². The molecule has 1 unspecified atom stereocenters. The minimum atomic E-state index is -0.808. The smallest absolute Gasteiger partial charge is 0.159 e. The Bertz CT molecular complexity index is 613. The highest BCUT2D eigenvalue weighted by atomic mass is 79.9. The van der Waals surface area contributed by atoms with Crippen LogP contribution in [0, 0.1) is 11.6 Å². The van der Waals surface area contributed by atoms with Gasteiger partial charge in [-0.2, -0.15) is 0 Å². The van der Waals surface area contributed by atoms with Crippen molar-refractivity contribution in [1.29, 1.82) is 0 Å². The lowest BCUT2D eigenvalue weighted by Crippen LogP contribution is -2.06. The zero-order valence-electron chi connectivity index (χ0n) is 9.38. The Labute approximate surface area is 112 Å². The molecule has 0 radical (unpaired) electrons. The number of rotatable bonds is 1. The highest BCUT2D eigenvalue weighted by molar-refractivity contribution is 9.10. The largest absolute Gasteiger partial charge is 0.378 e. The van der Waals surface area contributed by atoms with Gasteiger partial charge in [-0.25, -0.2) is 8.78 Å². The van der Waals surface area contributed by atoms with E-state index in [1.165, 1.54) is 17.7 Å². The van der Waals surface area contributed by atoms with Gasteiger partial charge in [0.2, 0.25) is 0 Å². The fraction of sp³-hybridized carbons (Fsp3) is 0.143. The first-order valence-corrected chi connectivity index (χ1v) is 6.43. The number of nitrogens with one attached hydrogen (secondary N) is 1. The van der Waals surface area contributed by atoms with E-state index in [0.717, 1.165) is 22.1 Å². The maximum atomic E-state index is 13.2. The summed E-state index contributed by atoms with van der Waals surface area (Å²) in [6.45, 7) is 0. The zero-order chi connectivity index (χ0) is 12.7. The van der Waals surface area contributed by atoms with E-state index in [-0.39, 0.29) is 6.04 Å². The molecule has 0 aromatic heterocycles. The molecule has 0 aliphatic carbocycles. The molecule has 0 fully saturated rings. The summed E-state index contributed by atoms with van der Waals surface area (Å²) in [6.07, 6.45) is 0.785. The molecule has 0 saturated heterocycles. The van der Waals surface area contributed by atoms with Crippen molar-refractivity contribution in [2.24, 2.45) is 0 Å². The molecule has 0 bridgehead atoms. The molecule has 0 spiro atoms. The lowest BCUT2D eigenvalue weighted by Gasteiger charge is -2.11. The molecule has 2 aromatic rings. The molecule has 1 atom stereocenters. The van der Waals surface area contributed by atoms with E-state index in [1.54, 1.807) is 6.07 Å². The van der Waals surface area contributed by atoms with Gasteiger partial charge in [0.15, 0.2) is 11.6 Å². The molecule has 1 N–H and O–H groups in total. The van der Waals surface area contributed by atoms with Crippen molar-refractivity contribution in [3.63, 3.8) is 0 Å². The first kappa shape index (κ1) is 11.7. The minimum Gasteiger partial charge on any atom is -0.378 e. The Morgan fingerprint density at radius 1 is 1.06 bits per heavy atom. The average Bonchev–Trinajstić information content (AvgIpc) is 2.75. The predicted molar refractivity (Wildman–Crippen MR) is 70.6 cm³/mol. The summed E-state index contributed by atoms with van der Waals surface area (Å²) in [5, 5.41) is 3.32. The van der Waals surface area contributed by atoms with Crippen molar-refractivity contribution in [2.75, 3.05) is 5.32 Å². The number of hydrogen-bond donors (Lipinski definition) is 1. The quantitative estimate of drug-likeness (QED) is 0.821. The van der Waals surface area contributed by atoms with Gasteiger partial charge in [-0.1, -0.05) is 28.1 Å². The van der Waals surface area contributed by atoms with Gasteiger partial charge in [0.1, 0.15) is 0 Å². The van der Waals surface area contributed by atoms with E-state index in [9.17, 15) is 8.78 Å². The minimum absolute atomic E-state index is 0.00407. The molecule has 1 heterocycles. The molecular weight excluding hydrogens is 300 g/mol. The summed E-state index contributed by atoms with van der Waals surface area (Å²) < 4.78 is 27.1. The van der Waals surface area contributed by atoms with Gasteiger partial charge in [-0.05, 0) is 41.8 Å². The van der Waals surface area contributed by atoms with Crippen LogP contribution in [0.2, 0.25) is 0 Å². The number of benzene rings is 2. The van der Waals surface area contributed by atoms with Crippen LogP contribution in [0.5, 0.6) is 0 Å². The molecule has 0 amide bonds. The molecule has 3 rings (SSSR count). The number of halogens is 3. The van der Waals surface area contributed by atoms with Gasteiger partial charge in [-0.3, -0.25) is 0 Å². The van der Waals surface area contributed by atoms with Crippen LogP contribution in [0.15, 0.2) is 40.9 Å². The highest BCUT2D eigenvalue weighted by Gasteiger charge is 2.22. The van der Waals surface area contributed by atoms with Crippen LogP contribution in [0.1, 0.15) is 17.2 Å². The third-order valence-electron chi connectivity index (χ3n) is 3.17. The van der Waals surface area contributed by atoms with E-state index >= 15 is 0 Å². The second kappa shape index (κ2) is 4.35. The van der Waals surface area contributed by atoms with Gasteiger partial charge < -0.3 is 5.32 Å². The van der Waals surface area contributed by atoms with Crippen LogP contribution in [0.25, 0.3) is 0 Å². The van der Waals surface area contributed by atoms with Crippen molar-refractivity contribution >= 4 is 21.6 Å². The van der Waals surface area contributed by atoms with Crippen LogP contribution in [0.3, 0.4) is 0 Å². The Kier molecular flexibility index (Phi) is 2.82. The van der Waals surface area contributed by atoms with Gasteiger partial charge >= 0.3 is 0 Å². The second-order valence-corrected chi connectivity index (χ2v) is 5.29. The SMILES string of the molecule is Fc1ccc(C2Cc3ccc(Br)cc3N2)cc1F. The van der Waals surface area contributed by atoms with Crippen molar-refractivity contribution in [2.45, 2.75) is 12.5 Å². The average molecular weight is 310 g/mol. The van der Waals surface area contributed by atoms with E-state index < -0.39 is 11.6 Å². The van der Waals surface area contributed by atoms with Crippen molar-refractivity contribution in [3.8, 4) is 0 Å². The molecule has 1 aliphatic rings. The summed E-state index contributed by atoms with van der Waals surface area (Å²) in [5.74, 6) is -1.61. The second-order valence-electron chi connectivity index (χ2n) is 4.38. The molecule has 92 valence electrons. The maximum Gasteiger partial charge on any atom is 0.159 e. The molecule has 2 aromatic carbocycles. The Morgan fingerprint density at radius 2 is 1.89 bits per heavy atom. The predicted octanol–water partition coefficient (Wildman–Crippen LogP) is 4.44. The van der Waals surface area contributed by atoms with Crippen molar-refractivity contribution in [1.82, 2.24) is 0 Å². The first-order chi connectivity index (χ1) is 8.63. The Balaban J connectivity index is 1.91. The van der Waals surface area contributed by atoms with E-state index in [0.29, 0.717) is 0 Å². The first-order valence-electron chi connectivity index (χ1n) is 5.63. The zero-order valence-corrected chi connectivity index (χ0v) is 11.0. The number of anilines is 1. The van der Waals surface area contributed by atoms with Crippen LogP contribution in [-0.4, -0.2) is 0 Å². The Hall–Kier alpha value is -1.42. The summed E-state index contributed by atoms with van der Waals surface area (Å²) in [7, 11) is 0. The normalized spacial score (nSPS) is 17.4. The maximum absolute atomic E-state index is 13.2. The number of fused-ring (bicyclic) bond motifs is 1. The lowest BCUT2D eigenvalue weighted by molar-refractivity contribution is 0.506. The number of hydrogen-bond acceptors (Lipinski definition) is 1. The van der Waals surface area contributed by atoms with Gasteiger partial charge in [0.25, 0.3) is 0 Å². The fourth-order valence-electron chi connectivity index (χ4n) is 2.25. The van der Waals surface area contributed by atoms with E-state index in [2.05, 4.69) is 21.2 Å². The standard InChI is InChI=1S/C14H10BrF2N/c15-10-3-1-9-6-13(18-14(9)7-10)8-2-4-11(16)12(17)5-8/h1-5,7,13,18H,6H2. The monoisotopic (exact) mass is 309 g/mol. The van der Waals surface area contributed by atoms with E-state index in [4.69, 9.17) is 0 Å². The van der Waals surface area contributed by atoms with E-state index in [1.807, 2.05) is 18.2 Å². The van der Waals surface area contributed by atoms with Gasteiger partial charge in [0.05, 0.1) is 6.04 Å². The van der Waals surface area contributed by atoms with Crippen molar-refractivity contribution < 1.29 is 8.78 Å². The van der Waals surface area contributed by atoms with Crippen LogP contribution >= 0.6 is 15.9 Å². The molecule has 0 saturated carbocycles. The Morgan fingerprint density at radius 3 is 2.67 bits per heavy atom. The molecule has 18 heavy (non-hydrogen) atoms. The molecule has 4 heteroatoms. The summed E-state index contributed by atoms with van der Waals surface area (Å²) >= 11 is 3.41. The summed E-state index contributed by atoms with van der Waals surface area (Å²) in [5.41, 5.74) is 2.99. The molecule has 1 aliphatic heterocycles. The summed E-state index contributed by atoms with van der Waals surface area (Å²) in [6, 6.07) is 10.1. The van der Waals surface area contributed by atoms with Crippen molar-refractivity contribution in [3.05, 3.63) is 63.6 Å². The van der Waals surface area contributed by atoms with Crippen LogP contribution in [-0.2, 0) is 6.42 Å². The fourth-order valence-corrected chi connectivity index (χ4v) is 2.61. The van der Waals surface area contributed by atoms with Gasteiger partial charge in [-0.15, -0.1) is 0 Å². The summed E-state index contributed by atoms with van der Waals surface area (Å²) in [4.78, 5) is 0. The third kappa shape index (κ3) is 2.01. The van der Waals surface area contributed by atoms with Crippen LogP contribution < -0.4 is 5.32 Å². The van der Waals surface area contributed by atoms with Crippen LogP contribution in [0.4, 0.5) is 14.5 Å². The lowest BCUT2D eigenvalue weighted by atomic mass is 10.0. The highest BCUT2D eigenvalue weighted by Crippen LogP contribution is 2.35. The van der Waals surface area contributed by atoms with Gasteiger partial charge in [0, 0.05) is 10.2 Å². The third-order valence-corrected chi connectivity index (χ3v) is 3.66. The molecule has 1 nitrogen and oxygen atoms in total.